The molecule has 0 aliphatic rings. The van der Waals surface area contributed by atoms with Gasteiger partial charge in [0, 0.05) is 0 Å². The molecule has 0 rings (SSSR count). The van der Waals surface area contributed by atoms with Crippen LogP contribution in [0.4, 0.5) is 0 Å². The summed E-state index contributed by atoms with van der Waals surface area (Å²) in [5, 5.41) is 0. The van der Waals surface area contributed by atoms with Crippen LogP contribution in [-0.4, -0.2) is 31.2 Å². The van der Waals surface area contributed by atoms with Crippen LogP contribution in [0.15, 0.2) is 0 Å². The van der Waals surface area contributed by atoms with Gasteiger partial charge < -0.3 is 4.48 Å². The van der Waals surface area contributed by atoms with Gasteiger partial charge in [-0.15, -0.1) is 0 Å². The summed E-state index contributed by atoms with van der Waals surface area (Å²) < 4.78 is 1.35. The van der Waals surface area contributed by atoms with Crippen molar-refractivity contribution in [1.82, 2.24) is 0 Å². The molecule has 0 aliphatic carbocycles. The first-order valence-corrected chi connectivity index (χ1v) is 10.0. The van der Waals surface area contributed by atoms with Crippen LogP contribution in [0, 0.1) is 0 Å². The molecule has 0 saturated heterocycles. The Balaban J connectivity index is 3.98. The second-order valence-electron chi connectivity index (χ2n) is 7.33. The lowest BCUT2D eigenvalue weighted by atomic mass is 10.1. The highest BCUT2D eigenvalue weighted by Crippen LogP contribution is 2.14. The Bertz CT molecular complexity index is 188. The minimum absolute atomic E-state index is 1.35. The summed E-state index contributed by atoms with van der Waals surface area (Å²) in [6.07, 6.45) is 18.4. The Morgan fingerprint density at radius 3 is 1.05 bits per heavy atom. The molecule has 0 N–H and O–H groups in total. The molecule has 21 heavy (non-hydrogen) atoms. The van der Waals surface area contributed by atoms with Crippen LogP contribution in [0.3, 0.4) is 0 Å². The highest BCUT2D eigenvalue weighted by Gasteiger charge is 2.19. The quantitative estimate of drug-likeness (QED) is 0.223. The number of unbranched alkanes of at least 4 members (excludes halogenated alkanes) is 10. The molecule has 0 bridgehead atoms. The van der Waals surface area contributed by atoms with E-state index in [0.29, 0.717) is 0 Å². The van der Waals surface area contributed by atoms with E-state index in [1.165, 1.54) is 108 Å². The molecule has 0 aromatic heterocycles. The van der Waals surface area contributed by atoms with Gasteiger partial charge in [-0.25, -0.2) is 0 Å². The van der Waals surface area contributed by atoms with Crippen molar-refractivity contribution in [2.24, 2.45) is 0 Å². The molecule has 1 nitrogen and oxygen atoms in total. The van der Waals surface area contributed by atoms with Gasteiger partial charge in [0.25, 0.3) is 0 Å². The van der Waals surface area contributed by atoms with Gasteiger partial charge in [-0.2, -0.15) is 0 Å². The van der Waals surface area contributed by atoms with Gasteiger partial charge in [-0.1, -0.05) is 65.7 Å². The van der Waals surface area contributed by atoms with Crippen molar-refractivity contribution in [3.05, 3.63) is 0 Å². The third-order valence-corrected chi connectivity index (χ3v) is 4.90. The van der Waals surface area contributed by atoms with Crippen molar-refractivity contribution in [2.75, 3.05) is 26.7 Å². The average Bonchev–Trinajstić information content (AvgIpc) is 2.48. The lowest BCUT2D eigenvalue weighted by Gasteiger charge is -2.35. The van der Waals surface area contributed by atoms with Crippen LogP contribution < -0.4 is 0 Å². The van der Waals surface area contributed by atoms with E-state index in [4.69, 9.17) is 0 Å². The summed E-state index contributed by atoms with van der Waals surface area (Å²) in [4.78, 5) is 0. The topological polar surface area (TPSA) is 0 Å². The molecule has 0 aromatic rings. The molecule has 0 radical (unpaired) electrons. The number of quaternary nitrogens is 1. The van der Waals surface area contributed by atoms with E-state index in [9.17, 15) is 0 Å². The SMILES string of the molecule is CCCCCCC[N+](C)(CCCCCC)CCCCCC. The molecule has 0 unspecified atom stereocenters. The first-order valence-electron chi connectivity index (χ1n) is 10.0. The van der Waals surface area contributed by atoms with Gasteiger partial charge in [0.15, 0.2) is 0 Å². The summed E-state index contributed by atoms with van der Waals surface area (Å²) in [6, 6.07) is 0. The van der Waals surface area contributed by atoms with Crippen molar-refractivity contribution in [3.8, 4) is 0 Å². The Morgan fingerprint density at radius 1 is 0.429 bits per heavy atom. The minimum Gasteiger partial charge on any atom is -0.326 e. The van der Waals surface area contributed by atoms with Crippen molar-refractivity contribution in [2.45, 2.75) is 104 Å². The smallest absolute Gasteiger partial charge is 0.0784 e. The van der Waals surface area contributed by atoms with E-state index in [0.717, 1.165) is 0 Å². The largest absolute Gasteiger partial charge is 0.326 e. The van der Waals surface area contributed by atoms with Gasteiger partial charge in [0.05, 0.1) is 26.7 Å². The fourth-order valence-corrected chi connectivity index (χ4v) is 3.27. The Labute approximate surface area is 136 Å². The molecular weight excluding hydrogens is 254 g/mol. The molecule has 0 spiro atoms. The van der Waals surface area contributed by atoms with Crippen molar-refractivity contribution >= 4 is 0 Å². The molecule has 0 saturated carbocycles. The Hall–Kier alpha value is -0.0400. The number of nitrogens with zero attached hydrogens (tertiary/aromatic N) is 1. The molecule has 0 heterocycles. The summed E-state index contributed by atoms with van der Waals surface area (Å²) in [6.45, 7) is 11.2. The first kappa shape index (κ1) is 21.0. The normalized spacial score (nSPS) is 12.0. The van der Waals surface area contributed by atoms with Gasteiger partial charge in [-0.05, 0) is 38.5 Å². The number of rotatable bonds is 16. The number of hydrogen-bond donors (Lipinski definition) is 0. The monoisotopic (exact) mass is 298 g/mol. The predicted molar refractivity (Wildman–Crippen MR) is 97.8 cm³/mol. The second kappa shape index (κ2) is 14.9. The maximum Gasteiger partial charge on any atom is 0.0784 e. The highest BCUT2D eigenvalue weighted by molar-refractivity contribution is 4.49. The lowest BCUT2D eigenvalue weighted by molar-refractivity contribution is -0.910. The van der Waals surface area contributed by atoms with Gasteiger partial charge in [-0.3, -0.25) is 0 Å². The van der Waals surface area contributed by atoms with Gasteiger partial charge in [0.1, 0.15) is 0 Å². The number of hydrogen-bond acceptors (Lipinski definition) is 0. The Morgan fingerprint density at radius 2 is 0.714 bits per heavy atom. The van der Waals surface area contributed by atoms with Gasteiger partial charge >= 0.3 is 0 Å². The van der Waals surface area contributed by atoms with Crippen LogP contribution in [0.5, 0.6) is 0 Å². The maximum absolute atomic E-state index is 2.53. The zero-order valence-electron chi connectivity index (χ0n) is 15.8. The van der Waals surface area contributed by atoms with E-state index >= 15 is 0 Å². The minimum atomic E-state index is 1.35. The molecule has 0 aliphatic heterocycles. The molecular formula is C20H44N+. The molecule has 0 aromatic carbocycles. The highest BCUT2D eigenvalue weighted by atomic mass is 15.3. The molecule has 0 fully saturated rings. The molecule has 0 atom stereocenters. The summed E-state index contributed by atoms with van der Waals surface area (Å²) in [7, 11) is 2.53. The van der Waals surface area contributed by atoms with Crippen LogP contribution in [0.2, 0.25) is 0 Å². The van der Waals surface area contributed by atoms with Crippen molar-refractivity contribution in [1.29, 1.82) is 0 Å². The first-order chi connectivity index (χ1) is 10.2. The fourth-order valence-electron chi connectivity index (χ4n) is 3.27. The second-order valence-corrected chi connectivity index (χ2v) is 7.33. The van der Waals surface area contributed by atoms with Crippen molar-refractivity contribution in [3.63, 3.8) is 0 Å². The van der Waals surface area contributed by atoms with Gasteiger partial charge in [0.2, 0.25) is 0 Å². The predicted octanol–water partition coefficient (Wildman–Crippen LogP) is 6.56. The van der Waals surface area contributed by atoms with Crippen LogP contribution >= 0.6 is 0 Å². The third-order valence-electron chi connectivity index (χ3n) is 4.90. The summed E-state index contributed by atoms with van der Waals surface area (Å²) in [5.74, 6) is 0. The van der Waals surface area contributed by atoms with E-state index in [1.807, 2.05) is 0 Å². The van der Waals surface area contributed by atoms with Crippen LogP contribution in [0.25, 0.3) is 0 Å². The molecule has 0 amide bonds. The Kier molecular flexibility index (Phi) is 14.9. The summed E-state index contributed by atoms with van der Waals surface area (Å²) in [5.41, 5.74) is 0. The van der Waals surface area contributed by atoms with Crippen LogP contribution in [0.1, 0.15) is 104 Å². The zero-order valence-corrected chi connectivity index (χ0v) is 15.8. The molecule has 128 valence electrons. The lowest BCUT2D eigenvalue weighted by Crippen LogP contribution is -2.46. The van der Waals surface area contributed by atoms with Crippen molar-refractivity contribution < 1.29 is 4.48 Å². The van der Waals surface area contributed by atoms with E-state index in [1.54, 1.807) is 0 Å². The van der Waals surface area contributed by atoms with Crippen LogP contribution in [-0.2, 0) is 0 Å². The fraction of sp³-hybridized carbons (Fsp3) is 1.00. The molecule has 1 heteroatoms. The summed E-state index contributed by atoms with van der Waals surface area (Å²) >= 11 is 0. The maximum atomic E-state index is 2.53. The zero-order chi connectivity index (χ0) is 15.8. The average molecular weight is 299 g/mol. The standard InChI is InChI=1S/C20H44N/c1-5-8-11-14-17-20-21(4,18-15-12-9-6-2)19-16-13-10-7-3/h5-20H2,1-4H3/q+1. The van der Waals surface area contributed by atoms with E-state index in [-0.39, 0.29) is 0 Å². The van der Waals surface area contributed by atoms with E-state index < -0.39 is 0 Å². The third kappa shape index (κ3) is 13.4. The van der Waals surface area contributed by atoms with E-state index in [2.05, 4.69) is 27.8 Å².